The van der Waals surface area contributed by atoms with E-state index >= 15 is 0 Å². The summed E-state index contributed by atoms with van der Waals surface area (Å²) in [5.41, 5.74) is 2.34. The van der Waals surface area contributed by atoms with E-state index in [1.165, 1.54) is 12.7 Å². The highest BCUT2D eigenvalue weighted by Crippen LogP contribution is 2.28. The second-order valence-corrected chi connectivity index (χ2v) is 9.27. The number of ether oxygens (including phenoxy) is 3. The topological polar surface area (TPSA) is 94.1 Å². The standard InChI is InChI=1S/C26H35NO6/c1-16(2)32-23(25(29)30)15-18-8-13-22(31-7)21(14-18)27-24(28)17(3)33-20-11-9-19(10-12-20)26(4,5)6/h8-14,16-17,23H,15H2,1-7H3,(H,27,28)(H,29,30). The fourth-order valence-corrected chi connectivity index (χ4v) is 3.24. The van der Waals surface area contributed by atoms with Gasteiger partial charge >= 0.3 is 5.97 Å². The summed E-state index contributed by atoms with van der Waals surface area (Å²) in [6.45, 7) is 11.6. The van der Waals surface area contributed by atoms with Gasteiger partial charge in [0.15, 0.2) is 12.2 Å². The zero-order valence-corrected chi connectivity index (χ0v) is 20.5. The number of carbonyl (C=O) groups excluding carboxylic acids is 1. The second kappa shape index (κ2) is 11.2. The quantitative estimate of drug-likeness (QED) is 0.531. The first kappa shape index (κ1) is 26.2. The normalized spacial score (nSPS) is 13.3. The van der Waals surface area contributed by atoms with Gasteiger partial charge in [-0.2, -0.15) is 0 Å². The highest BCUT2D eigenvalue weighted by Gasteiger charge is 2.22. The van der Waals surface area contributed by atoms with Crippen molar-refractivity contribution < 1.29 is 28.9 Å². The summed E-state index contributed by atoms with van der Waals surface area (Å²) in [6, 6.07) is 12.8. The molecule has 0 saturated carbocycles. The summed E-state index contributed by atoms with van der Waals surface area (Å²) in [4.78, 5) is 24.3. The summed E-state index contributed by atoms with van der Waals surface area (Å²) in [5.74, 6) is -0.324. The SMILES string of the molecule is COc1ccc(CC(OC(C)C)C(=O)O)cc1NC(=O)C(C)Oc1ccc(C(C)(C)C)cc1. The predicted molar refractivity (Wildman–Crippen MR) is 128 cm³/mol. The summed E-state index contributed by atoms with van der Waals surface area (Å²) in [7, 11) is 1.50. The zero-order chi connectivity index (χ0) is 24.8. The number of methoxy groups -OCH3 is 1. The van der Waals surface area contributed by atoms with Crippen molar-refractivity contribution in [2.24, 2.45) is 0 Å². The molecule has 0 saturated heterocycles. The van der Waals surface area contributed by atoms with Crippen molar-refractivity contribution in [1.29, 1.82) is 0 Å². The lowest BCUT2D eigenvalue weighted by atomic mass is 9.87. The monoisotopic (exact) mass is 457 g/mol. The van der Waals surface area contributed by atoms with Crippen LogP contribution in [0.4, 0.5) is 5.69 Å². The molecule has 0 heterocycles. The minimum absolute atomic E-state index is 0.0307. The molecule has 0 radical (unpaired) electrons. The lowest BCUT2D eigenvalue weighted by Gasteiger charge is -2.20. The van der Waals surface area contributed by atoms with Crippen LogP contribution in [-0.2, 0) is 26.2 Å². The number of carboxylic acid groups (broad SMARTS) is 1. The van der Waals surface area contributed by atoms with Crippen LogP contribution in [0.15, 0.2) is 42.5 Å². The summed E-state index contributed by atoms with van der Waals surface area (Å²) in [6.07, 6.45) is -1.80. The van der Waals surface area contributed by atoms with E-state index in [9.17, 15) is 14.7 Å². The summed E-state index contributed by atoms with van der Waals surface area (Å²) in [5, 5.41) is 12.3. The molecule has 2 atom stereocenters. The molecule has 0 fully saturated rings. The van der Waals surface area contributed by atoms with Gasteiger partial charge in [-0.05, 0) is 61.6 Å². The van der Waals surface area contributed by atoms with Crippen LogP contribution in [0.2, 0.25) is 0 Å². The highest BCUT2D eigenvalue weighted by atomic mass is 16.5. The van der Waals surface area contributed by atoms with E-state index in [1.54, 1.807) is 39.0 Å². The molecule has 0 aromatic heterocycles. The predicted octanol–water partition coefficient (Wildman–Crippen LogP) is 4.82. The van der Waals surface area contributed by atoms with E-state index in [1.807, 2.05) is 24.3 Å². The second-order valence-electron chi connectivity index (χ2n) is 9.27. The van der Waals surface area contributed by atoms with Gasteiger partial charge in [-0.25, -0.2) is 4.79 Å². The summed E-state index contributed by atoms with van der Waals surface area (Å²) >= 11 is 0. The van der Waals surface area contributed by atoms with Gasteiger partial charge in [0.25, 0.3) is 5.91 Å². The Bertz CT molecular complexity index is 946. The van der Waals surface area contributed by atoms with Crippen LogP contribution in [0, 0.1) is 0 Å². The van der Waals surface area contributed by atoms with Crippen LogP contribution in [-0.4, -0.2) is 42.4 Å². The van der Waals surface area contributed by atoms with Crippen molar-refractivity contribution in [3.8, 4) is 11.5 Å². The molecule has 2 N–H and O–H groups in total. The Hall–Kier alpha value is -3.06. The molecule has 0 bridgehead atoms. The number of anilines is 1. The van der Waals surface area contributed by atoms with Crippen LogP contribution in [0.25, 0.3) is 0 Å². The zero-order valence-electron chi connectivity index (χ0n) is 20.5. The maximum absolute atomic E-state index is 12.8. The number of carboxylic acids is 1. The Balaban J connectivity index is 2.11. The molecule has 0 aliphatic carbocycles. The van der Waals surface area contributed by atoms with Crippen molar-refractivity contribution in [2.45, 2.75) is 71.7 Å². The lowest BCUT2D eigenvalue weighted by Crippen LogP contribution is -2.31. The van der Waals surface area contributed by atoms with Gasteiger partial charge in [-0.15, -0.1) is 0 Å². The molecule has 2 aromatic rings. The molecule has 0 aliphatic heterocycles. The third-order valence-corrected chi connectivity index (χ3v) is 5.06. The van der Waals surface area contributed by atoms with Crippen molar-refractivity contribution in [3.05, 3.63) is 53.6 Å². The van der Waals surface area contributed by atoms with E-state index in [2.05, 4.69) is 26.1 Å². The van der Waals surface area contributed by atoms with Crippen molar-refractivity contribution in [1.82, 2.24) is 0 Å². The van der Waals surface area contributed by atoms with Crippen molar-refractivity contribution in [3.63, 3.8) is 0 Å². The highest BCUT2D eigenvalue weighted by molar-refractivity contribution is 5.95. The van der Waals surface area contributed by atoms with E-state index in [-0.39, 0.29) is 23.8 Å². The van der Waals surface area contributed by atoms with Crippen LogP contribution >= 0.6 is 0 Å². The first-order valence-electron chi connectivity index (χ1n) is 11.0. The van der Waals surface area contributed by atoms with E-state index < -0.39 is 18.2 Å². The Labute approximate surface area is 196 Å². The molecule has 180 valence electrons. The summed E-state index contributed by atoms with van der Waals surface area (Å²) < 4.78 is 16.7. The van der Waals surface area contributed by atoms with Crippen molar-refractivity contribution >= 4 is 17.6 Å². The Morgan fingerprint density at radius 2 is 1.67 bits per heavy atom. The van der Waals surface area contributed by atoms with Crippen LogP contribution in [0.3, 0.4) is 0 Å². The van der Waals surface area contributed by atoms with Crippen LogP contribution in [0.1, 0.15) is 52.7 Å². The molecule has 2 aromatic carbocycles. The van der Waals surface area contributed by atoms with E-state index in [0.29, 0.717) is 22.7 Å². The van der Waals surface area contributed by atoms with Gasteiger partial charge in [0.1, 0.15) is 11.5 Å². The van der Waals surface area contributed by atoms with Crippen LogP contribution in [0.5, 0.6) is 11.5 Å². The molecule has 7 nitrogen and oxygen atoms in total. The number of aliphatic carboxylic acids is 1. The Morgan fingerprint density at radius 3 is 2.18 bits per heavy atom. The first-order valence-corrected chi connectivity index (χ1v) is 11.0. The number of rotatable bonds is 10. The number of hydrogen-bond acceptors (Lipinski definition) is 5. The Kier molecular flexibility index (Phi) is 8.88. The van der Waals surface area contributed by atoms with E-state index in [0.717, 1.165) is 0 Å². The average molecular weight is 458 g/mol. The average Bonchev–Trinajstić information content (AvgIpc) is 2.72. The van der Waals surface area contributed by atoms with E-state index in [4.69, 9.17) is 14.2 Å². The molecule has 2 unspecified atom stereocenters. The molecule has 0 spiro atoms. The van der Waals surface area contributed by atoms with Gasteiger partial charge in [0, 0.05) is 6.42 Å². The molecule has 33 heavy (non-hydrogen) atoms. The number of hydrogen-bond donors (Lipinski definition) is 2. The minimum atomic E-state index is -1.04. The molecule has 7 heteroatoms. The fraction of sp³-hybridized carbons (Fsp3) is 0.462. The third kappa shape index (κ3) is 7.79. The van der Waals surface area contributed by atoms with Gasteiger partial charge in [-0.3, -0.25) is 4.79 Å². The van der Waals surface area contributed by atoms with Gasteiger partial charge in [0.05, 0.1) is 18.9 Å². The fourth-order valence-electron chi connectivity index (χ4n) is 3.24. The molecule has 1 amide bonds. The minimum Gasteiger partial charge on any atom is -0.495 e. The van der Waals surface area contributed by atoms with Gasteiger partial charge in [-0.1, -0.05) is 39.0 Å². The van der Waals surface area contributed by atoms with Gasteiger partial charge < -0.3 is 24.6 Å². The third-order valence-electron chi connectivity index (χ3n) is 5.06. The molecule has 0 aliphatic rings. The van der Waals surface area contributed by atoms with Crippen LogP contribution < -0.4 is 14.8 Å². The van der Waals surface area contributed by atoms with Gasteiger partial charge in [0.2, 0.25) is 0 Å². The maximum Gasteiger partial charge on any atom is 0.333 e. The maximum atomic E-state index is 12.8. The van der Waals surface area contributed by atoms with Crippen molar-refractivity contribution in [2.75, 3.05) is 12.4 Å². The smallest absolute Gasteiger partial charge is 0.333 e. The number of carbonyl (C=O) groups is 2. The first-order chi connectivity index (χ1) is 15.4. The molecular formula is C26H35NO6. The Morgan fingerprint density at radius 1 is 1.03 bits per heavy atom. The number of amides is 1. The molecular weight excluding hydrogens is 422 g/mol. The number of benzene rings is 2. The number of nitrogens with one attached hydrogen (secondary N) is 1. The lowest BCUT2D eigenvalue weighted by molar-refractivity contribution is -0.153. The molecule has 2 rings (SSSR count). The largest absolute Gasteiger partial charge is 0.495 e.